The van der Waals surface area contributed by atoms with Crippen molar-refractivity contribution in [1.82, 2.24) is 20.6 Å². The van der Waals surface area contributed by atoms with Crippen LogP contribution in [0.1, 0.15) is 48.5 Å². The third kappa shape index (κ3) is 5.11. The molecule has 3 aromatic rings. The first-order valence-electron chi connectivity index (χ1n) is 11.1. The first-order valence-corrected chi connectivity index (χ1v) is 11.1. The van der Waals surface area contributed by atoms with E-state index < -0.39 is 11.8 Å². The second kappa shape index (κ2) is 11.2. The molecule has 3 rings (SSSR count). The molecule has 10 nitrogen and oxygen atoms in total. The molecule has 0 saturated carbocycles. The van der Waals surface area contributed by atoms with Crippen LogP contribution >= 0.6 is 0 Å². The van der Waals surface area contributed by atoms with Crippen LogP contribution in [0.25, 0.3) is 10.8 Å². The highest BCUT2D eigenvalue weighted by Gasteiger charge is 2.20. The van der Waals surface area contributed by atoms with Crippen LogP contribution < -0.4 is 30.6 Å². The summed E-state index contributed by atoms with van der Waals surface area (Å²) in [6.07, 6.45) is 0. The number of hydrazine groups is 1. The molecule has 0 aliphatic heterocycles. The van der Waals surface area contributed by atoms with Gasteiger partial charge in [0.05, 0.1) is 25.2 Å². The van der Waals surface area contributed by atoms with Crippen LogP contribution in [-0.2, 0) is 6.54 Å². The molecule has 0 saturated heterocycles. The Balaban J connectivity index is 1.88. The Labute approximate surface area is 196 Å². The molecule has 2 amide bonds. The van der Waals surface area contributed by atoms with Crippen LogP contribution in [-0.4, -0.2) is 41.4 Å². The zero-order valence-electron chi connectivity index (χ0n) is 19.6. The van der Waals surface area contributed by atoms with Gasteiger partial charge in [-0.3, -0.25) is 25.2 Å². The summed E-state index contributed by atoms with van der Waals surface area (Å²) in [5, 5.41) is 4.92. The zero-order chi connectivity index (χ0) is 24.7. The second-order valence-corrected chi connectivity index (χ2v) is 7.02. The average Bonchev–Trinajstić information content (AvgIpc) is 2.84. The number of aromatic nitrogens is 2. The number of fused-ring (bicyclic) bond motifs is 1. The van der Waals surface area contributed by atoms with E-state index in [0.717, 1.165) is 0 Å². The molecule has 2 N–H and O–H groups in total. The smallest absolute Gasteiger partial charge is 0.290 e. The summed E-state index contributed by atoms with van der Waals surface area (Å²) in [6.45, 7) is 8.63. The minimum Gasteiger partial charge on any atom is -0.490 e. The number of aryl methyl sites for hydroxylation is 1. The molecule has 0 bridgehead atoms. The molecular formula is C24H28N4O6. The summed E-state index contributed by atoms with van der Waals surface area (Å²) in [4.78, 5) is 38.2. The number of carbonyl (C=O) groups is 2. The van der Waals surface area contributed by atoms with Crippen LogP contribution in [0.2, 0.25) is 0 Å². The Bertz CT molecular complexity index is 1230. The van der Waals surface area contributed by atoms with E-state index in [0.29, 0.717) is 54.4 Å². The number of rotatable bonds is 9. The van der Waals surface area contributed by atoms with E-state index in [-0.39, 0.29) is 16.8 Å². The van der Waals surface area contributed by atoms with E-state index in [1.165, 1.54) is 16.8 Å². The molecule has 0 radical (unpaired) electrons. The highest BCUT2D eigenvalue weighted by molar-refractivity contribution is 6.06. The standard InChI is InChI=1S/C24H28N4O6/c1-5-28-24(31)17-12-10-9-11-16(17)20(27-28)23(30)26-25-22(29)15-13-18(32-6-2)21(34-8-4)19(14-15)33-7-3/h9-14H,5-8H2,1-4H3,(H,25,29)(H,26,30). The van der Waals surface area contributed by atoms with E-state index in [1.807, 2.05) is 20.8 Å². The lowest BCUT2D eigenvalue weighted by Crippen LogP contribution is -2.42. The number of ether oxygens (including phenoxy) is 3. The van der Waals surface area contributed by atoms with Gasteiger partial charge in [-0.1, -0.05) is 18.2 Å². The molecule has 180 valence electrons. The number of nitrogens with zero attached hydrogens (tertiary/aromatic N) is 2. The Morgan fingerprint density at radius 3 is 1.97 bits per heavy atom. The molecule has 1 heterocycles. The van der Waals surface area contributed by atoms with Gasteiger partial charge in [0.15, 0.2) is 17.2 Å². The number of benzene rings is 2. The van der Waals surface area contributed by atoms with Crippen LogP contribution in [0, 0.1) is 0 Å². The van der Waals surface area contributed by atoms with Crippen LogP contribution in [0.4, 0.5) is 0 Å². The summed E-state index contributed by atoms with van der Waals surface area (Å²) < 4.78 is 18.1. The van der Waals surface area contributed by atoms with E-state index in [4.69, 9.17) is 14.2 Å². The zero-order valence-corrected chi connectivity index (χ0v) is 19.6. The van der Waals surface area contributed by atoms with E-state index in [2.05, 4.69) is 16.0 Å². The normalized spacial score (nSPS) is 10.6. The lowest BCUT2D eigenvalue weighted by atomic mass is 10.1. The van der Waals surface area contributed by atoms with Crippen molar-refractivity contribution in [3.63, 3.8) is 0 Å². The van der Waals surface area contributed by atoms with E-state index >= 15 is 0 Å². The van der Waals surface area contributed by atoms with E-state index in [9.17, 15) is 14.4 Å². The van der Waals surface area contributed by atoms with Crippen molar-refractivity contribution < 1.29 is 23.8 Å². The third-order valence-electron chi connectivity index (χ3n) is 4.84. The Morgan fingerprint density at radius 2 is 1.41 bits per heavy atom. The third-order valence-corrected chi connectivity index (χ3v) is 4.84. The molecular weight excluding hydrogens is 440 g/mol. The molecule has 0 atom stereocenters. The summed E-state index contributed by atoms with van der Waals surface area (Å²) in [6, 6.07) is 9.72. The predicted molar refractivity (Wildman–Crippen MR) is 127 cm³/mol. The first-order chi connectivity index (χ1) is 16.4. The first kappa shape index (κ1) is 24.6. The van der Waals surface area contributed by atoms with Crippen molar-refractivity contribution in [3.05, 3.63) is 58.0 Å². The number of nitrogens with one attached hydrogen (secondary N) is 2. The topological polar surface area (TPSA) is 121 Å². The molecule has 0 spiro atoms. The largest absolute Gasteiger partial charge is 0.490 e. The van der Waals surface area contributed by atoms with Gasteiger partial charge in [-0.2, -0.15) is 5.10 Å². The van der Waals surface area contributed by atoms with Gasteiger partial charge in [0.2, 0.25) is 5.75 Å². The SMILES string of the molecule is CCOc1cc(C(=O)NNC(=O)c2nn(CC)c(=O)c3ccccc23)cc(OCC)c1OCC. The molecule has 0 aliphatic carbocycles. The number of amides is 2. The highest BCUT2D eigenvalue weighted by Crippen LogP contribution is 2.39. The van der Waals surface area contributed by atoms with Gasteiger partial charge < -0.3 is 14.2 Å². The maximum atomic E-state index is 12.9. The van der Waals surface area contributed by atoms with Gasteiger partial charge in [-0.15, -0.1) is 0 Å². The van der Waals surface area contributed by atoms with Crippen LogP contribution in [0.15, 0.2) is 41.2 Å². The summed E-state index contributed by atoms with van der Waals surface area (Å²) in [7, 11) is 0. The van der Waals surface area contributed by atoms with Crippen molar-refractivity contribution in [2.75, 3.05) is 19.8 Å². The predicted octanol–water partition coefficient (Wildman–Crippen LogP) is 2.69. The second-order valence-electron chi connectivity index (χ2n) is 7.02. The van der Waals surface area contributed by atoms with Gasteiger partial charge in [-0.05, 0) is 45.9 Å². The number of hydrogen-bond acceptors (Lipinski definition) is 7. The Morgan fingerprint density at radius 1 is 0.853 bits per heavy atom. The monoisotopic (exact) mass is 468 g/mol. The van der Waals surface area contributed by atoms with Crippen molar-refractivity contribution in [1.29, 1.82) is 0 Å². The van der Waals surface area contributed by atoms with Crippen molar-refractivity contribution in [2.45, 2.75) is 34.2 Å². The fraction of sp³-hybridized carbons (Fsp3) is 0.333. The van der Waals surface area contributed by atoms with Crippen molar-refractivity contribution >= 4 is 22.6 Å². The lowest BCUT2D eigenvalue weighted by molar-refractivity contribution is 0.0843. The summed E-state index contributed by atoms with van der Waals surface area (Å²) in [5.41, 5.74) is 4.69. The fourth-order valence-corrected chi connectivity index (χ4v) is 3.38. The minimum atomic E-state index is -0.659. The maximum Gasteiger partial charge on any atom is 0.290 e. The van der Waals surface area contributed by atoms with E-state index in [1.54, 1.807) is 31.2 Å². The van der Waals surface area contributed by atoms with Gasteiger partial charge in [0.25, 0.3) is 17.4 Å². The van der Waals surface area contributed by atoms with Crippen molar-refractivity contribution in [3.8, 4) is 17.2 Å². The van der Waals surface area contributed by atoms with Gasteiger partial charge in [0, 0.05) is 17.5 Å². The van der Waals surface area contributed by atoms with Crippen LogP contribution in [0.5, 0.6) is 17.2 Å². The molecule has 1 aromatic heterocycles. The average molecular weight is 469 g/mol. The summed E-state index contributed by atoms with van der Waals surface area (Å²) >= 11 is 0. The lowest BCUT2D eigenvalue weighted by Gasteiger charge is -2.17. The molecule has 34 heavy (non-hydrogen) atoms. The van der Waals surface area contributed by atoms with Gasteiger partial charge in [-0.25, -0.2) is 4.68 Å². The minimum absolute atomic E-state index is 0.0223. The number of hydrogen-bond donors (Lipinski definition) is 2. The van der Waals surface area contributed by atoms with Crippen molar-refractivity contribution in [2.24, 2.45) is 0 Å². The highest BCUT2D eigenvalue weighted by atomic mass is 16.5. The summed E-state index contributed by atoms with van der Waals surface area (Å²) in [5.74, 6) is -0.132. The van der Waals surface area contributed by atoms with Gasteiger partial charge in [0.1, 0.15) is 0 Å². The Hall–Kier alpha value is -4.08. The quantitative estimate of drug-likeness (QED) is 0.463. The van der Waals surface area contributed by atoms with Gasteiger partial charge >= 0.3 is 0 Å². The van der Waals surface area contributed by atoms with Crippen LogP contribution in [0.3, 0.4) is 0 Å². The maximum absolute atomic E-state index is 12.9. The molecule has 0 aliphatic rings. The fourth-order valence-electron chi connectivity index (χ4n) is 3.38. The number of carbonyl (C=O) groups excluding carboxylic acids is 2. The molecule has 10 heteroatoms. The molecule has 2 aromatic carbocycles. The Kier molecular flexibility index (Phi) is 8.07. The molecule has 0 unspecified atom stereocenters. The molecule has 0 fully saturated rings.